The maximum atomic E-state index is 13.7. The van der Waals surface area contributed by atoms with Crippen molar-refractivity contribution in [3.63, 3.8) is 0 Å². The van der Waals surface area contributed by atoms with Gasteiger partial charge in [-0.25, -0.2) is 0 Å². The van der Waals surface area contributed by atoms with Gasteiger partial charge in [-0.3, -0.25) is 19.2 Å². The number of benzene rings is 4. The van der Waals surface area contributed by atoms with Gasteiger partial charge in [0.15, 0.2) is 11.6 Å². The zero-order valence-corrected chi connectivity index (χ0v) is 22.8. The summed E-state index contributed by atoms with van der Waals surface area (Å²) in [6.45, 7) is -0.0749. The molecule has 0 atom stereocenters. The quantitative estimate of drug-likeness (QED) is 0.136. The summed E-state index contributed by atoms with van der Waals surface area (Å²) in [7, 11) is 0. The Hall–Kier alpha value is -5.71. The van der Waals surface area contributed by atoms with Gasteiger partial charge in [-0.2, -0.15) is 0 Å². The summed E-state index contributed by atoms with van der Waals surface area (Å²) < 4.78 is 47.4. The number of halogens is 3. The van der Waals surface area contributed by atoms with Crippen LogP contribution in [0.1, 0.15) is 43.1 Å². The average Bonchev–Trinajstić information content (AvgIpc) is 2.99. The summed E-state index contributed by atoms with van der Waals surface area (Å²) in [6.07, 6.45) is -4.07. The molecule has 8 nitrogen and oxygen atoms in total. The molecule has 0 spiro atoms. The molecule has 4 rings (SSSR count). The summed E-state index contributed by atoms with van der Waals surface area (Å²) in [6, 6.07) is 25.2. The van der Waals surface area contributed by atoms with Crippen molar-refractivity contribution >= 4 is 29.0 Å². The van der Waals surface area contributed by atoms with Crippen LogP contribution in [0.25, 0.3) is 5.57 Å². The summed E-state index contributed by atoms with van der Waals surface area (Å²) in [5, 5.41) is 11.2. The van der Waals surface area contributed by atoms with Crippen LogP contribution in [0.2, 0.25) is 0 Å². The summed E-state index contributed by atoms with van der Waals surface area (Å²) in [5.74, 6) is -2.42. The van der Waals surface area contributed by atoms with Crippen molar-refractivity contribution in [1.82, 2.24) is 5.32 Å². The summed E-state index contributed by atoms with van der Waals surface area (Å²) in [4.78, 5) is 50.0. The molecule has 0 aliphatic heterocycles. The fourth-order valence-electron chi connectivity index (χ4n) is 3.98. The molecule has 0 radical (unpaired) electrons. The molecule has 2 N–H and O–H groups in total. The first-order valence-corrected chi connectivity index (χ1v) is 13.1. The number of Topliss-reactive ketones (excluding diaryl/α,β-unsaturated/α-hetero) is 1. The summed E-state index contributed by atoms with van der Waals surface area (Å²) in [5.41, 5.74) is 0.615. The van der Waals surface area contributed by atoms with Gasteiger partial charge in [0.2, 0.25) is 0 Å². The number of carboxylic acid groups (broad SMARTS) is 1. The Bertz CT molecular complexity index is 1680. The van der Waals surface area contributed by atoms with Gasteiger partial charge in [0.05, 0.1) is 6.42 Å². The number of rotatable bonds is 12. The number of alkyl halides is 3. The van der Waals surface area contributed by atoms with Crippen LogP contribution in [0.15, 0.2) is 109 Å². The van der Waals surface area contributed by atoms with E-state index in [9.17, 15) is 32.3 Å². The van der Waals surface area contributed by atoms with Gasteiger partial charge in [0.1, 0.15) is 17.2 Å². The van der Waals surface area contributed by atoms with Crippen LogP contribution in [0.5, 0.6) is 17.2 Å². The number of para-hydroxylation sites is 1. The number of nitrogens with one attached hydrogen (secondary N) is 1. The SMILES string of the molecule is O=C(O)CCNC(=O)c1ccc(C(=O)/C(=C\C(=O)c2ccc(OC(F)(F)F)cc2)c2cccc(Oc3ccccc3)c2)cc1. The van der Waals surface area contributed by atoms with Crippen molar-refractivity contribution in [3.05, 3.63) is 131 Å². The van der Waals surface area contributed by atoms with Gasteiger partial charge in [0, 0.05) is 28.8 Å². The third-order valence-electron chi connectivity index (χ3n) is 6.05. The van der Waals surface area contributed by atoms with E-state index in [0.29, 0.717) is 17.1 Å². The van der Waals surface area contributed by atoms with E-state index in [1.54, 1.807) is 48.5 Å². The third-order valence-corrected chi connectivity index (χ3v) is 6.05. The van der Waals surface area contributed by atoms with Gasteiger partial charge in [-0.15, -0.1) is 13.2 Å². The van der Waals surface area contributed by atoms with Crippen LogP contribution in [-0.2, 0) is 4.79 Å². The predicted molar refractivity (Wildman–Crippen MR) is 154 cm³/mol. The van der Waals surface area contributed by atoms with Crippen molar-refractivity contribution in [1.29, 1.82) is 0 Å². The highest BCUT2D eigenvalue weighted by Crippen LogP contribution is 2.28. The van der Waals surface area contributed by atoms with Crippen LogP contribution >= 0.6 is 0 Å². The zero-order chi connectivity index (χ0) is 31.7. The first kappa shape index (κ1) is 31.2. The molecule has 224 valence electrons. The van der Waals surface area contributed by atoms with E-state index in [1.807, 2.05) is 6.07 Å². The van der Waals surface area contributed by atoms with Crippen molar-refractivity contribution in [3.8, 4) is 17.2 Å². The van der Waals surface area contributed by atoms with E-state index in [4.69, 9.17) is 9.84 Å². The second-order valence-electron chi connectivity index (χ2n) is 9.24. The smallest absolute Gasteiger partial charge is 0.481 e. The number of hydrogen-bond acceptors (Lipinski definition) is 6. The third kappa shape index (κ3) is 8.89. The van der Waals surface area contributed by atoms with Crippen LogP contribution in [0.3, 0.4) is 0 Å². The first-order chi connectivity index (χ1) is 21.0. The van der Waals surface area contributed by atoms with Crippen molar-refractivity contribution < 1.29 is 46.9 Å². The molecule has 0 unspecified atom stereocenters. The van der Waals surface area contributed by atoms with Crippen molar-refractivity contribution in [2.24, 2.45) is 0 Å². The van der Waals surface area contributed by atoms with Gasteiger partial charge in [0.25, 0.3) is 5.91 Å². The Morgan fingerprint density at radius 3 is 1.95 bits per heavy atom. The number of aliphatic carboxylic acids is 1. The highest BCUT2D eigenvalue weighted by atomic mass is 19.4. The minimum atomic E-state index is -4.90. The molecular weight excluding hydrogens is 579 g/mol. The highest BCUT2D eigenvalue weighted by Gasteiger charge is 2.31. The van der Waals surface area contributed by atoms with Crippen LogP contribution in [0, 0.1) is 0 Å². The lowest BCUT2D eigenvalue weighted by Gasteiger charge is -2.12. The molecule has 0 saturated heterocycles. The fraction of sp³-hybridized carbons (Fsp3) is 0.0909. The number of carboxylic acids is 1. The predicted octanol–water partition coefficient (Wildman–Crippen LogP) is 6.73. The number of allylic oxidation sites excluding steroid dienone is 2. The summed E-state index contributed by atoms with van der Waals surface area (Å²) >= 11 is 0. The van der Waals surface area contributed by atoms with E-state index in [-0.39, 0.29) is 35.2 Å². The van der Waals surface area contributed by atoms with Crippen LogP contribution < -0.4 is 14.8 Å². The molecule has 4 aromatic rings. The molecule has 4 aromatic carbocycles. The van der Waals surface area contributed by atoms with E-state index in [0.717, 1.165) is 30.3 Å². The topological polar surface area (TPSA) is 119 Å². The molecular formula is C33H24F3NO7. The lowest BCUT2D eigenvalue weighted by molar-refractivity contribution is -0.274. The van der Waals surface area contributed by atoms with Gasteiger partial charge < -0.3 is 19.9 Å². The lowest BCUT2D eigenvalue weighted by atomic mass is 9.93. The minimum Gasteiger partial charge on any atom is -0.481 e. The van der Waals surface area contributed by atoms with E-state index in [1.165, 1.54) is 24.3 Å². The fourth-order valence-corrected chi connectivity index (χ4v) is 3.98. The number of hydrogen-bond donors (Lipinski definition) is 2. The van der Waals surface area contributed by atoms with Crippen LogP contribution in [0.4, 0.5) is 13.2 Å². The molecule has 0 aliphatic rings. The van der Waals surface area contributed by atoms with Gasteiger partial charge in [-0.05, 0) is 72.3 Å². The maximum Gasteiger partial charge on any atom is 0.573 e. The van der Waals surface area contributed by atoms with E-state index in [2.05, 4.69) is 10.1 Å². The molecule has 0 saturated carbocycles. The number of ether oxygens (including phenoxy) is 2. The van der Waals surface area contributed by atoms with Gasteiger partial charge in [-0.1, -0.05) is 42.5 Å². The number of ketones is 2. The zero-order valence-electron chi connectivity index (χ0n) is 22.8. The van der Waals surface area contributed by atoms with Crippen molar-refractivity contribution in [2.75, 3.05) is 6.54 Å². The molecule has 1 amide bonds. The second-order valence-corrected chi connectivity index (χ2v) is 9.24. The highest BCUT2D eigenvalue weighted by molar-refractivity contribution is 6.32. The molecule has 0 fully saturated rings. The standard InChI is InChI=1S/C33H24F3NO7/c34-33(35,36)44-26-15-13-21(14-16-26)29(38)20-28(24-5-4-8-27(19-24)43-25-6-2-1-3-7-25)31(41)22-9-11-23(12-10-22)32(42)37-18-17-30(39)40/h1-16,19-20H,17-18H2,(H,37,42)(H,39,40)/b28-20-. The molecule has 0 heterocycles. The number of carbonyl (C=O) groups is 4. The first-order valence-electron chi connectivity index (χ1n) is 13.1. The average molecular weight is 604 g/mol. The molecule has 44 heavy (non-hydrogen) atoms. The Labute approximate surface area is 249 Å². The number of carbonyl (C=O) groups excluding carboxylic acids is 3. The second kappa shape index (κ2) is 14.0. The normalized spacial score (nSPS) is 11.4. The van der Waals surface area contributed by atoms with Crippen LogP contribution in [-0.4, -0.2) is 41.5 Å². The molecule has 0 bridgehead atoms. The maximum absolute atomic E-state index is 13.7. The molecule has 11 heteroatoms. The van der Waals surface area contributed by atoms with Gasteiger partial charge >= 0.3 is 12.3 Å². The Morgan fingerprint density at radius 1 is 0.705 bits per heavy atom. The molecule has 0 aliphatic carbocycles. The Kier molecular flexibility index (Phi) is 9.92. The lowest BCUT2D eigenvalue weighted by Crippen LogP contribution is -2.26. The monoisotopic (exact) mass is 603 g/mol. The molecule has 0 aromatic heterocycles. The minimum absolute atomic E-state index is 0.00916. The van der Waals surface area contributed by atoms with Crippen molar-refractivity contribution in [2.45, 2.75) is 12.8 Å². The largest absolute Gasteiger partial charge is 0.573 e. The van der Waals surface area contributed by atoms with E-state index >= 15 is 0 Å². The Morgan fingerprint density at radius 2 is 1.32 bits per heavy atom. The number of amides is 1. The van der Waals surface area contributed by atoms with E-state index < -0.39 is 35.6 Å². The Balaban J connectivity index is 1.65.